The zero-order chi connectivity index (χ0) is 25.8. The summed E-state index contributed by atoms with van der Waals surface area (Å²) in [4.78, 5) is 5.15. The van der Waals surface area contributed by atoms with Crippen LogP contribution in [0.4, 0.5) is 8.78 Å². The Hall–Kier alpha value is -3.33. The lowest BCUT2D eigenvalue weighted by molar-refractivity contribution is 0.584. The van der Waals surface area contributed by atoms with Gasteiger partial charge >= 0.3 is 0 Å². The van der Waals surface area contributed by atoms with Gasteiger partial charge in [0.1, 0.15) is 11.6 Å². The molecule has 1 aliphatic rings. The molecular weight excluding hydrogens is 596 g/mol. The van der Waals surface area contributed by atoms with E-state index in [0.29, 0.717) is 6.42 Å². The average molecular weight is 617 g/mol. The van der Waals surface area contributed by atoms with Crippen LogP contribution in [0.3, 0.4) is 0 Å². The summed E-state index contributed by atoms with van der Waals surface area (Å²) in [6, 6.07) is 28.8. The zero-order valence-corrected chi connectivity index (χ0v) is 22.8. The van der Waals surface area contributed by atoms with Gasteiger partial charge in [-0.2, -0.15) is 0 Å². The van der Waals surface area contributed by atoms with E-state index in [1.807, 2.05) is 60.7 Å². The van der Waals surface area contributed by atoms with E-state index in [1.54, 1.807) is 12.1 Å². The minimum Gasteiger partial charge on any atom is -0.251 e. The summed E-state index contributed by atoms with van der Waals surface area (Å²) in [6.07, 6.45) is 2.81. The van der Waals surface area contributed by atoms with E-state index in [4.69, 9.17) is 4.99 Å². The van der Waals surface area contributed by atoms with Crippen molar-refractivity contribution in [1.29, 1.82) is 0 Å². The van der Waals surface area contributed by atoms with Crippen LogP contribution in [0.15, 0.2) is 117 Å². The van der Waals surface area contributed by atoms with Crippen molar-refractivity contribution in [1.82, 2.24) is 0 Å². The van der Waals surface area contributed by atoms with Crippen LogP contribution in [0, 0.1) is 35.3 Å². The summed E-state index contributed by atoms with van der Waals surface area (Å²) in [6.45, 7) is 0. The van der Waals surface area contributed by atoms with Crippen LogP contribution in [0.2, 0.25) is 0 Å². The number of hydrogen-bond acceptors (Lipinski definition) is 1. The molecule has 37 heavy (non-hydrogen) atoms. The highest BCUT2D eigenvalue weighted by atomic mass is 79.9. The molecule has 182 valence electrons. The van der Waals surface area contributed by atoms with E-state index in [1.165, 1.54) is 24.3 Å². The highest BCUT2D eigenvalue weighted by Gasteiger charge is 2.31. The van der Waals surface area contributed by atoms with E-state index >= 15 is 0 Å². The molecule has 0 bridgehead atoms. The number of allylic oxidation sites excluding steroid dienone is 1. The molecule has 0 fully saturated rings. The number of hydrogen-bond donors (Lipinski definition) is 0. The minimum absolute atomic E-state index is 0.0416. The van der Waals surface area contributed by atoms with Crippen molar-refractivity contribution in [3.63, 3.8) is 0 Å². The first kappa shape index (κ1) is 25.3. The molecule has 0 aromatic heterocycles. The molecule has 2 unspecified atom stereocenters. The molecule has 0 aliphatic carbocycles. The molecule has 0 N–H and O–H groups in total. The number of halogens is 4. The molecule has 1 heterocycles. The Morgan fingerprint density at radius 3 is 1.89 bits per heavy atom. The largest absolute Gasteiger partial charge is 0.251 e. The Bertz CT molecular complexity index is 1540. The average Bonchev–Trinajstić information content (AvgIpc) is 2.90. The van der Waals surface area contributed by atoms with Gasteiger partial charge in [0.2, 0.25) is 0 Å². The van der Waals surface area contributed by atoms with Crippen molar-refractivity contribution < 1.29 is 8.78 Å². The summed E-state index contributed by atoms with van der Waals surface area (Å²) in [7, 11) is 0. The number of benzene rings is 4. The summed E-state index contributed by atoms with van der Waals surface area (Å²) < 4.78 is 29.0. The molecule has 4 aromatic rings. The molecular formula is C32H21Br2F2N. The number of nitrogens with zero attached hydrogens (tertiary/aromatic N) is 1. The maximum absolute atomic E-state index is 13.6. The summed E-state index contributed by atoms with van der Waals surface area (Å²) in [5.41, 5.74) is 5.39. The van der Waals surface area contributed by atoms with Gasteiger partial charge in [-0.3, -0.25) is 4.99 Å². The van der Waals surface area contributed by atoms with Crippen LogP contribution in [-0.2, 0) is 6.42 Å². The van der Waals surface area contributed by atoms with Crippen LogP contribution < -0.4 is 0 Å². The molecule has 1 nitrogen and oxygen atoms in total. The zero-order valence-electron chi connectivity index (χ0n) is 19.6. The Labute approximate surface area is 232 Å². The Balaban J connectivity index is 1.66. The third-order valence-corrected chi connectivity index (χ3v) is 7.62. The van der Waals surface area contributed by atoms with Crippen molar-refractivity contribution in [2.45, 2.75) is 6.42 Å². The van der Waals surface area contributed by atoms with Gasteiger partial charge in [-0.25, -0.2) is 8.78 Å². The van der Waals surface area contributed by atoms with Crippen LogP contribution in [-0.4, -0.2) is 5.71 Å². The molecule has 0 saturated carbocycles. The topological polar surface area (TPSA) is 12.4 Å². The summed E-state index contributed by atoms with van der Waals surface area (Å²) in [5.74, 6) is 5.83. The van der Waals surface area contributed by atoms with Gasteiger partial charge in [-0.1, -0.05) is 98.3 Å². The van der Waals surface area contributed by atoms with Gasteiger partial charge in [0.15, 0.2) is 0 Å². The van der Waals surface area contributed by atoms with E-state index < -0.39 is 0 Å². The maximum Gasteiger partial charge on any atom is 0.123 e. The first-order valence-electron chi connectivity index (χ1n) is 11.8. The molecule has 0 radical (unpaired) electrons. The third kappa shape index (κ3) is 5.98. The van der Waals surface area contributed by atoms with Crippen LogP contribution >= 0.6 is 31.9 Å². The van der Waals surface area contributed by atoms with Crippen LogP contribution in [0.1, 0.15) is 22.3 Å². The predicted octanol–water partition coefficient (Wildman–Crippen LogP) is 8.86. The predicted molar refractivity (Wildman–Crippen MR) is 153 cm³/mol. The SMILES string of the molecule is Fc1ccc(C#CC2C(c3ccccc3Br)=NC(c3ccccc3Br)=CC2Cc2ccc(F)cc2)cc1. The van der Waals surface area contributed by atoms with Crippen LogP contribution in [0.5, 0.6) is 0 Å². The second-order valence-corrected chi connectivity index (χ2v) is 10.5. The van der Waals surface area contributed by atoms with Gasteiger partial charge in [0, 0.05) is 31.6 Å². The highest BCUT2D eigenvalue weighted by Crippen LogP contribution is 2.37. The smallest absolute Gasteiger partial charge is 0.123 e. The van der Waals surface area contributed by atoms with Crippen molar-refractivity contribution >= 4 is 43.3 Å². The Morgan fingerprint density at radius 2 is 1.27 bits per heavy atom. The lowest BCUT2D eigenvalue weighted by Crippen LogP contribution is -2.27. The molecule has 0 saturated heterocycles. The van der Waals surface area contributed by atoms with Gasteiger partial charge < -0.3 is 0 Å². The third-order valence-electron chi connectivity index (χ3n) is 6.24. The van der Waals surface area contributed by atoms with E-state index in [2.05, 4.69) is 49.8 Å². The lowest BCUT2D eigenvalue weighted by Gasteiger charge is -2.28. The molecule has 0 amide bonds. The Kier molecular flexibility index (Phi) is 7.79. The van der Waals surface area contributed by atoms with Crippen molar-refractivity contribution in [2.24, 2.45) is 16.8 Å². The van der Waals surface area contributed by atoms with Crippen molar-refractivity contribution in [2.75, 3.05) is 0 Å². The fourth-order valence-electron chi connectivity index (χ4n) is 4.39. The highest BCUT2D eigenvalue weighted by molar-refractivity contribution is 9.10. The standard InChI is InChI=1S/C32H21Br2F2N/c33-29-7-3-1-5-27(29)31-20-23(19-22-11-16-25(36)17-12-22)26(18-13-21-9-14-24(35)15-10-21)32(37-31)28-6-2-4-8-30(28)34/h1-12,14-17,20,23,26H,19H2. The first-order chi connectivity index (χ1) is 18.0. The molecule has 0 spiro atoms. The van der Waals surface area contributed by atoms with E-state index in [9.17, 15) is 8.78 Å². The normalized spacial score (nSPS) is 16.9. The minimum atomic E-state index is -0.297. The molecule has 5 heteroatoms. The second kappa shape index (κ2) is 11.4. The van der Waals surface area contributed by atoms with Gasteiger partial charge in [0.25, 0.3) is 0 Å². The summed E-state index contributed by atoms with van der Waals surface area (Å²) in [5, 5.41) is 0. The monoisotopic (exact) mass is 615 g/mol. The number of rotatable bonds is 4. The van der Waals surface area contributed by atoms with E-state index in [0.717, 1.165) is 42.6 Å². The lowest BCUT2D eigenvalue weighted by atomic mass is 9.78. The number of aliphatic imine (C=N–C) groups is 1. The van der Waals surface area contributed by atoms with Gasteiger partial charge in [-0.05, 0) is 60.5 Å². The molecule has 2 atom stereocenters. The van der Waals surface area contributed by atoms with Crippen molar-refractivity contribution in [3.05, 3.63) is 146 Å². The molecule has 5 rings (SSSR count). The van der Waals surface area contributed by atoms with E-state index in [-0.39, 0.29) is 23.5 Å². The quantitative estimate of drug-likeness (QED) is 0.203. The Morgan fingerprint density at radius 1 is 0.703 bits per heavy atom. The van der Waals surface area contributed by atoms with Gasteiger partial charge in [0.05, 0.1) is 17.3 Å². The van der Waals surface area contributed by atoms with Gasteiger partial charge in [-0.15, -0.1) is 0 Å². The fraction of sp³-hybridized carbons (Fsp3) is 0.0938. The van der Waals surface area contributed by atoms with Crippen molar-refractivity contribution in [3.8, 4) is 11.8 Å². The summed E-state index contributed by atoms with van der Waals surface area (Å²) >= 11 is 7.39. The first-order valence-corrected chi connectivity index (χ1v) is 13.4. The molecule has 4 aromatic carbocycles. The second-order valence-electron chi connectivity index (χ2n) is 8.76. The van der Waals surface area contributed by atoms with Crippen LogP contribution in [0.25, 0.3) is 5.70 Å². The fourth-order valence-corrected chi connectivity index (χ4v) is 5.37. The molecule has 1 aliphatic heterocycles. The maximum atomic E-state index is 13.6.